The Labute approximate surface area is 114 Å². The van der Waals surface area contributed by atoms with Crippen LogP contribution in [0.4, 0.5) is 0 Å². The second-order valence-electron chi connectivity index (χ2n) is 5.63. The molecule has 0 heterocycles. The van der Waals surface area contributed by atoms with Crippen LogP contribution in [0.5, 0.6) is 0 Å². The minimum atomic E-state index is -1.46. The van der Waals surface area contributed by atoms with E-state index >= 15 is 0 Å². The molecule has 0 unspecified atom stereocenters. The molecule has 0 aromatic heterocycles. The van der Waals surface area contributed by atoms with Crippen molar-refractivity contribution in [2.24, 2.45) is 0 Å². The van der Waals surface area contributed by atoms with E-state index in [2.05, 4.69) is 92.2 Å². The minimum Gasteiger partial charge on any atom is -0.126 e. The topological polar surface area (TPSA) is 0 Å². The Balaban J connectivity index is 2.94. The van der Waals surface area contributed by atoms with Crippen LogP contribution in [0.25, 0.3) is 0 Å². The van der Waals surface area contributed by atoms with Crippen molar-refractivity contribution in [3.05, 3.63) is 33.4 Å². The van der Waals surface area contributed by atoms with Gasteiger partial charge in [0.1, 0.15) is 8.07 Å². The van der Waals surface area contributed by atoms with Crippen LogP contribution in [-0.4, -0.2) is 8.07 Å². The van der Waals surface area contributed by atoms with E-state index in [4.69, 9.17) is 0 Å². The minimum absolute atomic E-state index is 0.337. The lowest BCUT2D eigenvalue weighted by Gasteiger charge is -2.31. The second-order valence-corrected chi connectivity index (χ2v) is 11.9. The summed E-state index contributed by atoms with van der Waals surface area (Å²) in [7, 11) is -1.46. The quantitative estimate of drug-likeness (QED) is 0.364. The van der Waals surface area contributed by atoms with Gasteiger partial charge < -0.3 is 0 Å². The van der Waals surface area contributed by atoms with Gasteiger partial charge >= 0.3 is 0 Å². The summed E-state index contributed by atoms with van der Waals surface area (Å²) in [4.78, 5) is 0. The molecule has 0 aliphatic rings. The maximum Gasteiger partial charge on any atom is 0.138 e. The van der Waals surface area contributed by atoms with Gasteiger partial charge in [-0.1, -0.05) is 39.8 Å². The van der Waals surface area contributed by atoms with Gasteiger partial charge in [0.05, 0.1) is 0 Å². The Morgan fingerprint density at radius 3 is 2.00 bits per heavy atom. The van der Waals surface area contributed by atoms with Crippen LogP contribution in [0.15, 0.2) is 24.3 Å². The molecule has 0 saturated carbocycles. The molecule has 0 atom stereocenters. The lowest BCUT2D eigenvalue weighted by Crippen LogP contribution is -2.35. The molecule has 0 aliphatic carbocycles. The molecule has 0 bridgehead atoms. The van der Waals surface area contributed by atoms with Crippen molar-refractivity contribution in [1.29, 1.82) is 0 Å². The molecule has 16 heavy (non-hydrogen) atoms. The van der Waals surface area contributed by atoms with Gasteiger partial charge in [0.2, 0.25) is 0 Å². The van der Waals surface area contributed by atoms with Gasteiger partial charge in [0.25, 0.3) is 0 Å². The Hall–Kier alpha value is -0.273. The summed E-state index contributed by atoms with van der Waals surface area (Å²) < 4.78 is 1.26. The van der Waals surface area contributed by atoms with Gasteiger partial charge in [-0.3, -0.25) is 0 Å². The van der Waals surface area contributed by atoms with E-state index in [-0.39, 0.29) is 0 Å². The van der Waals surface area contributed by atoms with Crippen molar-refractivity contribution in [3.8, 4) is 11.5 Å². The van der Waals surface area contributed by atoms with Gasteiger partial charge in [0.15, 0.2) is 0 Å². The van der Waals surface area contributed by atoms with Crippen molar-refractivity contribution in [3.63, 3.8) is 0 Å². The Kier molecular flexibility index (Phi) is 4.25. The van der Waals surface area contributed by atoms with Gasteiger partial charge in [-0.15, -0.1) is 5.54 Å². The molecule has 0 aliphatic heterocycles. The fourth-order valence-electron chi connectivity index (χ4n) is 0.949. The van der Waals surface area contributed by atoms with Crippen LogP contribution < -0.4 is 0 Å². The summed E-state index contributed by atoms with van der Waals surface area (Å²) in [6.45, 7) is 11.6. The summed E-state index contributed by atoms with van der Waals surface area (Å²) in [6, 6.07) is 8.41. The maximum atomic E-state index is 3.52. The molecule has 0 amide bonds. The van der Waals surface area contributed by atoms with Crippen molar-refractivity contribution < 1.29 is 0 Å². The third-order valence-electron chi connectivity index (χ3n) is 3.24. The van der Waals surface area contributed by atoms with E-state index in [1.807, 2.05) is 0 Å². The number of benzene rings is 1. The summed E-state index contributed by atoms with van der Waals surface area (Å²) in [6.07, 6.45) is 0. The molecule has 0 spiro atoms. The van der Waals surface area contributed by atoms with E-state index in [1.165, 1.54) is 3.57 Å². The van der Waals surface area contributed by atoms with Crippen LogP contribution in [0.3, 0.4) is 0 Å². The van der Waals surface area contributed by atoms with Gasteiger partial charge in [0, 0.05) is 9.13 Å². The van der Waals surface area contributed by atoms with Crippen LogP contribution in [0.1, 0.15) is 26.3 Å². The summed E-state index contributed by atoms with van der Waals surface area (Å²) in [5.74, 6) is 3.33. The van der Waals surface area contributed by atoms with Crippen molar-refractivity contribution >= 4 is 30.7 Å². The number of hydrogen-bond donors (Lipinski definition) is 0. The third kappa shape index (κ3) is 3.64. The largest absolute Gasteiger partial charge is 0.138 e. The highest BCUT2D eigenvalue weighted by Gasteiger charge is 2.33. The molecule has 0 radical (unpaired) electrons. The van der Waals surface area contributed by atoms with Crippen LogP contribution in [-0.2, 0) is 0 Å². The average molecular weight is 342 g/mol. The third-order valence-corrected chi connectivity index (χ3v) is 8.46. The fourth-order valence-corrected chi connectivity index (χ4v) is 2.14. The monoisotopic (exact) mass is 342 g/mol. The molecule has 86 valence electrons. The summed E-state index contributed by atoms with van der Waals surface area (Å²) in [5, 5.41) is 0.337. The average Bonchev–Trinajstić information content (AvgIpc) is 2.15. The molecule has 1 aromatic carbocycles. The number of halogens is 1. The van der Waals surface area contributed by atoms with Gasteiger partial charge in [-0.05, 0) is 51.9 Å². The highest BCUT2D eigenvalue weighted by Crippen LogP contribution is 2.35. The van der Waals surface area contributed by atoms with E-state index in [9.17, 15) is 0 Å². The molecule has 0 saturated heterocycles. The van der Waals surface area contributed by atoms with Crippen molar-refractivity contribution in [1.82, 2.24) is 0 Å². The first-order chi connectivity index (χ1) is 7.22. The fraction of sp³-hybridized carbons (Fsp3) is 0.429. The molecule has 1 aromatic rings. The SMILES string of the molecule is CC(C)(C)[Si](C)(C)C#Cc1ccc(I)cc1. The standard InChI is InChI=1S/C14H19ISi/c1-14(2,3)16(4,5)11-10-12-6-8-13(15)9-7-12/h6-9H,1-5H3. The summed E-state index contributed by atoms with van der Waals surface area (Å²) >= 11 is 2.31. The highest BCUT2D eigenvalue weighted by molar-refractivity contribution is 14.1. The maximum absolute atomic E-state index is 3.52. The number of rotatable bonds is 0. The Morgan fingerprint density at radius 2 is 1.56 bits per heavy atom. The molecule has 2 heteroatoms. The first-order valence-corrected chi connectivity index (χ1v) is 9.59. The molecule has 0 fully saturated rings. The summed E-state index contributed by atoms with van der Waals surface area (Å²) in [5.41, 5.74) is 4.65. The van der Waals surface area contributed by atoms with E-state index in [0.29, 0.717) is 5.04 Å². The Bertz CT molecular complexity index is 413. The van der Waals surface area contributed by atoms with Gasteiger partial charge in [-0.25, -0.2) is 0 Å². The normalized spacial score (nSPS) is 11.9. The zero-order chi connectivity index (χ0) is 12.4. The predicted octanol–water partition coefficient (Wildman–Crippen LogP) is 4.69. The van der Waals surface area contributed by atoms with Gasteiger partial charge in [-0.2, -0.15) is 0 Å². The first kappa shape index (κ1) is 13.8. The lowest BCUT2D eigenvalue weighted by molar-refractivity contribution is 0.731. The first-order valence-electron chi connectivity index (χ1n) is 5.51. The van der Waals surface area contributed by atoms with E-state index < -0.39 is 8.07 Å². The van der Waals surface area contributed by atoms with E-state index in [1.54, 1.807) is 0 Å². The van der Waals surface area contributed by atoms with Crippen LogP contribution in [0, 0.1) is 15.0 Å². The van der Waals surface area contributed by atoms with Crippen LogP contribution in [0.2, 0.25) is 18.1 Å². The van der Waals surface area contributed by atoms with Crippen LogP contribution >= 0.6 is 22.6 Å². The Morgan fingerprint density at radius 1 is 1.06 bits per heavy atom. The van der Waals surface area contributed by atoms with Crippen molar-refractivity contribution in [2.45, 2.75) is 38.9 Å². The molecular weight excluding hydrogens is 323 g/mol. The lowest BCUT2D eigenvalue weighted by atomic mass is 10.2. The molecule has 0 nitrogen and oxygen atoms in total. The molecular formula is C14H19ISi. The van der Waals surface area contributed by atoms with Crippen molar-refractivity contribution in [2.75, 3.05) is 0 Å². The van der Waals surface area contributed by atoms with E-state index in [0.717, 1.165) is 5.56 Å². The molecule has 1 rings (SSSR count). The molecule has 0 N–H and O–H groups in total. The highest BCUT2D eigenvalue weighted by atomic mass is 127. The zero-order valence-corrected chi connectivity index (χ0v) is 13.8. The second kappa shape index (κ2) is 4.93. The zero-order valence-electron chi connectivity index (χ0n) is 10.7. The predicted molar refractivity (Wildman–Crippen MR) is 83.2 cm³/mol. The number of hydrogen-bond acceptors (Lipinski definition) is 0. The smallest absolute Gasteiger partial charge is 0.126 e.